The van der Waals surface area contributed by atoms with Gasteiger partial charge in [0.05, 0.1) is 41.0 Å². The predicted octanol–water partition coefficient (Wildman–Crippen LogP) is 3.26. The summed E-state index contributed by atoms with van der Waals surface area (Å²) >= 11 is 0. The fourth-order valence-corrected chi connectivity index (χ4v) is 3.91. The first kappa shape index (κ1) is 19.0. The molecule has 8 heteroatoms. The molecule has 0 fully saturated rings. The predicted molar refractivity (Wildman–Crippen MR) is 102 cm³/mol. The van der Waals surface area contributed by atoms with Crippen molar-refractivity contribution in [1.29, 1.82) is 0 Å². The fraction of sp³-hybridized carbons (Fsp3) is 0.381. The Kier molecular flexibility index (Phi) is 4.77. The molecule has 8 nitrogen and oxygen atoms in total. The number of esters is 1. The van der Waals surface area contributed by atoms with Crippen molar-refractivity contribution in [2.45, 2.75) is 18.9 Å². The number of methoxy groups -OCH3 is 4. The van der Waals surface area contributed by atoms with Gasteiger partial charge in [0.25, 0.3) is 0 Å². The number of ether oxygens (including phenoxy) is 7. The van der Waals surface area contributed by atoms with Crippen molar-refractivity contribution in [3.63, 3.8) is 0 Å². The number of carbonyl (C=O) groups excluding carboxylic acids is 1. The van der Waals surface area contributed by atoms with Gasteiger partial charge in [-0.2, -0.15) is 0 Å². The lowest BCUT2D eigenvalue weighted by atomic mass is 9.89. The van der Waals surface area contributed by atoms with Crippen LogP contribution >= 0.6 is 0 Å². The molecule has 0 saturated heterocycles. The second kappa shape index (κ2) is 7.27. The SMILES string of the molecule is COc1ccc2c(c1OC)OC[C@H]1c3cc(OC(C)=O)c(OC)c(OC)c3O[C@H]21. The number of carbonyl (C=O) groups is 1. The van der Waals surface area contributed by atoms with Crippen LogP contribution in [-0.4, -0.2) is 41.0 Å². The second-order valence-corrected chi connectivity index (χ2v) is 6.63. The van der Waals surface area contributed by atoms with E-state index in [1.807, 2.05) is 12.1 Å². The van der Waals surface area contributed by atoms with Gasteiger partial charge in [-0.25, -0.2) is 0 Å². The largest absolute Gasteiger partial charge is 0.493 e. The molecule has 0 radical (unpaired) electrons. The minimum absolute atomic E-state index is 0.121. The van der Waals surface area contributed by atoms with Crippen molar-refractivity contribution >= 4 is 5.97 Å². The maximum absolute atomic E-state index is 11.6. The topological polar surface area (TPSA) is 81.7 Å². The molecule has 2 heterocycles. The second-order valence-electron chi connectivity index (χ2n) is 6.63. The molecule has 0 bridgehead atoms. The van der Waals surface area contributed by atoms with E-state index in [-0.39, 0.29) is 17.8 Å². The Labute approximate surface area is 168 Å². The van der Waals surface area contributed by atoms with Crippen LogP contribution in [0.2, 0.25) is 0 Å². The quantitative estimate of drug-likeness (QED) is 0.557. The third-order valence-corrected chi connectivity index (χ3v) is 5.10. The lowest BCUT2D eigenvalue weighted by Crippen LogP contribution is -2.23. The first-order chi connectivity index (χ1) is 14.0. The van der Waals surface area contributed by atoms with Crippen molar-refractivity contribution in [3.8, 4) is 40.2 Å². The van der Waals surface area contributed by atoms with Crippen molar-refractivity contribution in [1.82, 2.24) is 0 Å². The maximum atomic E-state index is 11.6. The van der Waals surface area contributed by atoms with Crippen LogP contribution in [0.4, 0.5) is 0 Å². The van der Waals surface area contributed by atoms with Crippen molar-refractivity contribution in [3.05, 3.63) is 29.3 Å². The van der Waals surface area contributed by atoms with E-state index in [0.29, 0.717) is 41.1 Å². The molecule has 0 N–H and O–H groups in total. The molecule has 29 heavy (non-hydrogen) atoms. The number of fused-ring (bicyclic) bond motifs is 5. The molecule has 0 aromatic heterocycles. The van der Waals surface area contributed by atoms with E-state index in [1.165, 1.54) is 21.1 Å². The minimum Gasteiger partial charge on any atom is -0.493 e. The highest BCUT2D eigenvalue weighted by molar-refractivity contribution is 5.74. The minimum atomic E-state index is -0.456. The Bertz CT molecular complexity index is 968. The highest BCUT2D eigenvalue weighted by Crippen LogP contribution is 2.60. The standard InChI is InChI=1S/C21H22O8/c1-10(22)28-15-8-12-13-9-27-17-11(6-7-14(23-2)19(17)24-3)16(13)29-18(12)21(26-5)20(15)25-4/h6-8,13,16H,9H2,1-5H3/t13-,16+/m0/s1. The van der Waals surface area contributed by atoms with Crippen LogP contribution in [0.1, 0.15) is 30.1 Å². The summed E-state index contributed by atoms with van der Waals surface area (Å²) in [7, 11) is 6.14. The van der Waals surface area contributed by atoms with E-state index in [0.717, 1.165) is 11.1 Å². The van der Waals surface area contributed by atoms with E-state index in [1.54, 1.807) is 20.3 Å². The highest BCUT2D eigenvalue weighted by Gasteiger charge is 2.45. The van der Waals surface area contributed by atoms with Crippen LogP contribution in [0.5, 0.6) is 40.2 Å². The number of hydrogen-bond donors (Lipinski definition) is 0. The van der Waals surface area contributed by atoms with Gasteiger partial charge in [0.15, 0.2) is 23.0 Å². The highest BCUT2D eigenvalue weighted by atomic mass is 16.6. The van der Waals surface area contributed by atoms with Gasteiger partial charge < -0.3 is 33.2 Å². The summed E-state index contributed by atoms with van der Waals surface area (Å²) in [6.45, 7) is 1.68. The molecule has 0 amide bonds. The smallest absolute Gasteiger partial charge is 0.308 e. The summed E-state index contributed by atoms with van der Waals surface area (Å²) in [4.78, 5) is 11.6. The molecular formula is C21H22O8. The summed E-state index contributed by atoms with van der Waals surface area (Å²) in [5.41, 5.74) is 1.66. The summed E-state index contributed by atoms with van der Waals surface area (Å²) in [5, 5.41) is 0. The lowest BCUT2D eigenvalue weighted by Gasteiger charge is -2.29. The van der Waals surface area contributed by atoms with E-state index in [4.69, 9.17) is 33.2 Å². The first-order valence-electron chi connectivity index (χ1n) is 9.05. The molecular weight excluding hydrogens is 380 g/mol. The van der Waals surface area contributed by atoms with E-state index in [2.05, 4.69) is 0 Å². The summed E-state index contributed by atoms with van der Waals surface area (Å²) in [6.07, 6.45) is -0.320. The molecule has 154 valence electrons. The average molecular weight is 402 g/mol. The van der Waals surface area contributed by atoms with Gasteiger partial charge in [-0.05, 0) is 18.2 Å². The third kappa shape index (κ3) is 2.86. The van der Waals surface area contributed by atoms with Gasteiger partial charge >= 0.3 is 5.97 Å². The molecule has 2 aliphatic rings. The zero-order chi connectivity index (χ0) is 20.7. The normalized spacial score (nSPS) is 18.4. The summed E-state index contributed by atoms with van der Waals surface area (Å²) < 4.78 is 39.5. The van der Waals surface area contributed by atoms with Gasteiger partial charge in [0, 0.05) is 18.1 Å². The van der Waals surface area contributed by atoms with Crippen LogP contribution in [0.3, 0.4) is 0 Å². The Morgan fingerprint density at radius 1 is 0.897 bits per heavy atom. The van der Waals surface area contributed by atoms with Crippen molar-refractivity contribution < 1.29 is 38.0 Å². The van der Waals surface area contributed by atoms with Crippen LogP contribution < -0.4 is 33.2 Å². The van der Waals surface area contributed by atoms with Gasteiger partial charge in [-0.1, -0.05) is 0 Å². The van der Waals surface area contributed by atoms with Crippen LogP contribution in [-0.2, 0) is 4.79 Å². The van der Waals surface area contributed by atoms with Gasteiger partial charge in [0.2, 0.25) is 17.2 Å². The molecule has 0 saturated carbocycles. The first-order valence-corrected chi connectivity index (χ1v) is 9.05. The van der Waals surface area contributed by atoms with Crippen LogP contribution in [0.15, 0.2) is 18.2 Å². The number of hydrogen-bond acceptors (Lipinski definition) is 8. The average Bonchev–Trinajstić information content (AvgIpc) is 3.09. The van der Waals surface area contributed by atoms with E-state index < -0.39 is 5.97 Å². The Morgan fingerprint density at radius 3 is 2.24 bits per heavy atom. The van der Waals surface area contributed by atoms with Gasteiger partial charge in [-0.15, -0.1) is 0 Å². The van der Waals surface area contributed by atoms with Gasteiger partial charge in [0.1, 0.15) is 6.10 Å². The summed E-state index contributed by atoms with van der Waals surface area (Å²) in [5.74, 6) is 2.61. The fourth-order valence-electron chi connectivity index (χ4n) is 3.91. The Hall–Kier alpha value is -3.29. The van der Waals surface area contributed by atoms with E-state index >= 15 is 0 Å². The van der Waals surface area contributed by atoms with Crippen LogP contribution in [0, 0.1) is 0 Å². The zero-order valence-electron chi connectivity index (χ0n) is 16.9. The Balaban J connectivity index is 1.84. The molecule has 0 aliphatic carbocycles. The van der Waals surface area contributed by atoms with Crippen molar-refractivity contribution in [2.24, 2.45) is 0 Å². The van der Waals surface area contributed by atoms with E-state index in [9.17, 15) is 4.79 Å². The third-order valence-electron chi connectivity index (χ3n) is 5.10. The zero-order valence-corrected chi connectivity index (χ0v) is 16.9. The van der Waals surface area contributed by atoms with Crippen LogP contribution in [0.25, 0.3) is 0 Å². The molecule has 2 aromatic rings. The van der Waals surface area contributed by atoms with Gasteiger partial charge in [-0.3, -0.25) is 4.79 Å². The number of benzene rings is 2. The number of rotatable bonds is 5. The summed E-state index contributed by atoms with van der Waals surface area (Å²) in [6, 6.07) is 5.46. The molecule has 4 rings (SSSR count). The molecule has 2 aromatic carbocycles. The van der Waals surface area contributed by atoms with Crippen molar-refractivity contribution in [2.75, 3.05) is 35.0 Å². The molecule has 0 spiro atoms. The molecule has 2 aliphatic heterocycles. The molecule has 2 atom stereocenters. The maximum Gasteiger partial charge on any atom is 0.308 e. The lowest BCUT2D eigenvalue weighted by molar-refractivity contribution is -0.132. The Morgan fingerprint density at radius 2 is 1.62 bits per heavy atom. The molecule has 0 unspecified atom stereocenters. The monoisotopic (exact) mass is 402 g/mol.